The van der Waals surface area contributed by atoms with Crippen molar-refractivity contribution in [2.45, 2.75) is 132 Å². The summed E-state index contributed by atoms with van der Waals surface area (Å²) in [5.74, 6) is 1.16. The van der Waals surface area contributed by atoms with Gasteiger partial charge in [0.2, 0.25) is 0 Å². The maximum atomic E-state index is 13.6. The summed E-state index contributed by atoms with van der Waals surface area (Å²) < 4.78 is 18.3. The van der Waals surface area contributed by atoms with Gasteiger partial charge in [-0.25, -0.2) is 14.2 Å². The first-order valence-electron chi connectivity index (χ1n) is 20.8. The van der Waals surface area contributed by atoms with Crippen LogP contribution in [0.5, 0.6) is 0 Å². The molecule has 298 valence electrons. The third kappa shape index (κ3) is 5.54. The molecule has 3 N–H and O–H groups in total. The number of aromatic nitrogens is 4. The van der Waals surface area contributed by atoms with E-state index in [9.17, 15) is 9.90 Å². The van der Waals surface area contributed by atoms with Crippen molar-refractivity contribution in [3.8, 4) is 11.4 Å². The Balaban J connectivity index is 1.35. The molecule has 1 aliphatic heterocycles. The van der Waals surface area contributed by atoms with Crippen molar-refractivity contribution in [2.75, 3.05) is 19.8 Å². The lowest BCUT2D eigenvalue weighted by Gasteiger charge is -2.71. The lowest BCUT2D eigenvalue weighted by Crippen LogP contribution is -2.69. The second-order valence-corrected chi connectivity index (χ2v) is 21.3. The van der Waals surface area contributed by atoms with Gasteiger partial charge in [-0.05, 0) is 90.8 Å². The van der Waals surface area contributed by atoms with Gasteiger partial charge in [-0.1, -0.05) is 80.9 Å². The highest BCUT2D eigenvalue weighted by molar-refractivity contribution is 5.73. The minimum atomic E-state index is -0.621. The van der Waals surface area contributed by atoms with Crippen molar-refractivity contribution in [2.24, 2.45) is 74.9 Å². The summed E-state index contributed by atoms with van der Waals surface area (Å²) in [5, 5.41) is 16.2. The lowest BCUT2D eigenvalue weighted by atomic mass is 9.34. The normalized spacial score (nSPS) is 40.9. The highest BCUT2D eigenvalue weighted by atomic mass is 16.5. The number of carboxylic acids is 1. The van der Waals surface area contributed by atoms with E-state index in [1.54, 1.807) is 6.33 Å². The van der Waals surface area contributed by atoms with E-state index < -0.39 is 17.4 Å². The Morgan fingerprint density at radius 3 is 2.39 bits per heavy atom. The number of allylic oxidation sites excluding steroid dienone is 1. The number of ether oxygens (including phenoxy) is 2. The van der Waals surface area contributed by atoms with Crippen LogP contribution in [-0.2, 0) is 21.3 Å². The molecule has 4 aliphatic carbocycles. The van der Waals surface area contributed by atoms with E-state index in [0.29, 0.717) is 37.6 Å². The molecular formula is C45H70N5O4+. The Labute approximate surface area is 324 Å². The van der Waals surface area contributed by atoms with Gasteiger partial charge in [-0.15, -0.1) is 0 Å². The molecule has 5 aliphatic rings. The van der Waals surface area contributed by atoms with Crippen LogP contribution in [0.1, 0.15) is 121 Å². The SMILES string of the molecule is CC(C)[C@@H](C)[C@@]1(C)CC[C@]2(C)[C@H]3CC[C@@H]4[C@@]5(COC[C@]4(C)[C@@H](OC[C@](C)(N)C(C)(C)C)[C@H](n4ncnc4-c4cc[n+](C)cc4)C5)C3=CC[C@@]2(C)[C@@H]1C(=O)O. The van der Waals surface area contributed by atoms with E-state index in [4.69, 9.17) is 25.3 Å². The summed E-state index contributed by atoms with van der Waals surface area (Å²) in [6.45, 7) is 26.7. The zero-order valence-corrected chi connectivity index (χ0v) is 35.4. The fourth-order valence-electron chi connectivity index (χ4n) is 13.0. The van der Waals surface area contributed by atoms with Crippen molar-refractivity contribution in [1.82, 2.24) is 14.8 Å². The molecule has 9 nitrogen and oxygen atoms in total. The van der Waals surface area contributed by atoms with E-state index in [-0.39, 0.29) is 50.6 Å². The first-order valence-corrected chi connectivity index (χ1v) is 20.8. The Morgan fingerprint density at radius 2 is 1.76 bits per heavy atom. The molecule has 7 rings (SSSR count). The van der Waals surface area contributed by atoms with Crippen molar-refractivity contribution in [3.63, 3.8) is 0 Å². The van der Waals surface area contributed by atoms with Crippen LogP contribution in [0.25, 0.3) is 11.4 Å². The van der Waals surface area contributed by atoms with E-state index in [2.05, 4.69) is 111 Å². The Bertz CT molecular complexity index is 1780. The summed E-state index contributed by atoms with van der Waals surface area (Å²) in [6, 6.07) is 4.12. The molecule has 4 fully saturated rings. The minimum absolute atomic E-state index is 0.105. The average Bonchev–Trinajstić information content (AvgIpc) is 3.57. The van der Waals surface area contributed by atoms with Crippen LogP contribution in [0.2, 0.25) is 0 Å². The molecule has 1 saturated heterocycles. The number of fused-ring (bicyclic) bond motifs is 3. The molecule has 3 saturated carbocycles. The lowest BCUT2D eigenvalue weighted by molar-refractivity contribution is -0.671. The van der Waals surface area contributed by atoms with E-state index in [1.807, 2.05) is 11.6 Å². The van der Waals surface area contributed by atoms with Crippen LogP contribution in [0.15, 0.2) is 42.5 Å². The molecule has 0 amide bonds. The fourth-order valence-corrected chi connectivity index (χ4v) is 13.0. The van der Waals surface area contributed by atoms with Gasteiger partial charge in [0.1, 0.15) is 13.4 Å². The van der Waals surface area contributed by atoms with E-state index in [0.717, 1.165) is 49.9 Å². The number of carbonyl (C=O) groups is 1. The van der Waals surface area contributed by atoms with Gasteiger partial charge in [0.05, 0.1) is 37.9 Å². The number of pyridine rings is 1. The van der Waals surface area contributed by atoms with Gasteiger partial charge in [-0.2, -0.15) is 5.10 Å². The molecule has 3 heterocycles. The van der Waals surface area contributed by atoms with Crippen LogP contribution >= 0.6 is 0 Å². The Kier molecular flexibility index (Phi) is 9.50. The molecule has 9 heteroatoms. The molecule has 2 aromatic heterocycles. The van der Waals surface area contributed by atoms with Gasteiger partial charge >= 0.3 is 5.97 Å². The third-order valence-corrected chi connectivity index (χ3v) is 17.5. The van der Waals surface area contributed by atoms with Gasteiger partial charge in [0.15, 0.2) is 18.2 Å². The second-order valence-electron chi connectivity index (χ2n) is 21.3. The maximum absolute atomic E-state index is 13.6. The number of rotatable bonds is 8. The van der Waals surface area contributed by atoms with Crippen molar-refractivity contribution >= 4 is 5.97 Å². The number of aliphatic carboxylic acids is 1. The third-order valence-electron chi connectivity index (χ3n) is 17.5. The minimum Gasteiger partial charge on any atom is -0.481 e. The first-order chi connectivity index (χ1) is 25.1. The molecule has 0 radical (unpaired) electrons. The summed E-state index contributed by atoms with van der Waals surface area (Å²) >= 11 is 0. The largest absolute Gasteiger partial charge is 0.481 e. The molecule has 54 heavy (non-hydrogen) atoms. The summed E-state index contributed by atoms with van der Waals surface area (Å²) in [5.41, 5.74) is 7.53. The van der Waals surface area contributed by atoms with Crippen LogP contribution in [0.3, 0.4) is 0 Å². The number of hydrogen-bond acceptors (Lipinski definition) is 6. The van der Waals surface area contributed by atoms with Crippen molar-refractivity contribution in [1.29, 1.82) is 0 Å². The molecule has 0 spiro atoms. The Hall–Kier alpha value is -2.62. The molecule has 0 unspecified atom stereocenters. The number of nitrogens with two attached hydrogens (primary N) is 1. The zero-order valence-electron chi connectivity index (χ0n) is 35.4. The summed E-state index contributed by atoms with van der Waals surface area (Å²) in [7, 11) is 2.03. The second kappa shape index (κ2) is 13.0. The van der Waals surface area contributed by atoms with Crippen molar-refractivity contribution in [3.05, 3.63) is 42.5 Å². The predicted octanol–water partition coefficient (Wildman–Crippen LogP) is 8.05. The smallest absolute Gasteiger partial charge is 0.307 e. The maximum Gasteiger partial charge on any atom is 0.307 e. The number of aryl methyl sites for hydroxylation is 1. The average molecular weight is 745 g/mol. The Morgan fingerprint density at radius 1 is 1.07 bits per heavy atom. The highest BCUT2D eigenvalue weighted by Gasteiger charge is 2.72. The first kappa shape index (κ1) is 39.6. The molecule has 2 bridgehead atoms. The molecule has 2 aromatic rings. The monoisotopic (exact) mass is 745 g/mol. The van der Waals surface area contributed by atoms with Crippen molar-refractivity contribution < 1.29 is 23.9 Å². The number of nitrogens with zero attached hydrogens (tertiary/aromatic N) is 4. The molecule has 0 aromatic carbocycles. The van der Waals surface area contributed by atoms with Crippen LogP contribution < -0.4 is 10.3 Å². The number of hydrogen-bond donors (Lipinski definition) is 2. The van der Waals surface area contributed by atoms with Crippen LogP contribution in [-0.4, -0.2) is 57.3 Å². The number of carboxylic acid groups (broad SMARTS) is 1. The summed E-state index contributed by atoms with van der Waals surface area (Å²) in [6.07, 6.45) is 13.8. The van der Waals surface area contributed by atoms with E-state index in [1.165, 1.54) is 5.57 Å². The van der Waals surface area contributed by atoms with Gasteiger partial charge in [0, 0.05) is 34.1 Å². The predicted molar refractivity (Wildman–Crippen MR) is 211 cm³/mol. The topological polar surface area (TPSA) is 116 Å². The fraction of sp³-hybridized carbons (Fsp3) is 0.778. The van der Waals surface area contributed by atoms with Gasteiger partial charge in [0.25, 0.3) is 0 Å². The molecular weight excluding hydrogens is 675 g/mol. The van der Waals surface area contributed by atoms with Crippen LogP contribution in [0.4, 0.5) is 0 Å². The quantitative estimate of drug-likeness (QED) is 0.208. The van der Waals surface area contributed by atoms with Gasteiger partial charge < -0.3 is 20.3 Å². The zero-order chi connectivity index (χ0) is 39.4. The van der Waals surface area contributed by atoms with E-state index >= 15 is 0 Å². The van der Waals surface area contributed by atoms with Gasteiger partial charge in [-0.3, -0.25) is 4.79 Å². The summed E-state index contributed by atoms with van der Waals surface area (Å²) in [4.78, 5) is 18.5. The highest BCUT2D eigenvalue weighted by Crippen LogP contribution is 2.75. The standard InChI is InChI=1S/C45H69N5O4/c1-28(2)29(3)40(7)19-20-42(9)31-13-14-34-41(8)24-53-26-45(34,32(31)15-18-43(42,10)35(40)38(51)52)23-33(36(41)54-25-44(11,46)39(4,5)6)50-37(47-27-48-50)30-16-21-49(12)22-17-30/h15-17,21-22,27-29,31,33-36H,13-14,18-20,23-26,46H2,1-12H3/p+1/t29-,31+,33-,34+,35-,36+,40-,41+,42-,43+,44+,45+/m1/s1. The van der Waals surface area contributed by atoms with Crippen LogP contribution in [0, 0.1) is 62.1 Å². The molecule has 12 atom stereocenters.